The van der Waals surface area contributed by atoms with Crippen LogP contribution >= 0.6 is 11.8 Å². The summed E-state index contributed by atoms with van der Waals surface area (Å²) in [5.74, 6) is 1.88. The maximum Gasteiger partial charge on any atom is 0.573 e. The SMILES string of the molecule is O=C(NCc1cc2c3ccccc3nc(SCC3CCN(CC4CCN(c5ccc([C@@H]6c7ccc(O)cc7CC[C@@H]6c6ccccc6)cc5)CC4)CC3)n2n1)c1ccccc1OC(F)(F)F. The molecule has 2 saturated heterocycles. The Morgan fingerprint density at radius 2 is 1.52 bits per heavy atom. The number of carbonyl (C=O) groups is 1. The number of thioether (sulfide) groups is 1. The Kier molecular flexibility index (Phi) is 12.6. The number of hydrogen-bond acceptors (Lipinski definition) is 8. The summed E-state index contributed by atoms with van der Waals surface area (Å²) in [5.41, 5.74) is 8.65. The molecule has 2 atom stereocenters. The monoisotopic (exact) mass is 910 g/mol. The lowest BCUT2D eigenvalue weighted by Gasteiger charge is -2.38. The molecule has 9 nitrogen and oxygen atoms in total. The first kappa shape index (κ1) is 43.8. The molecule has 0 bridgehead atoms. The van der Waals surface area contributed by atoms with E-state index in [1.54, 1.807) is 11.8 Å². The van der Waals surface area contributed by atoms with E-state index in [0.29, 0.717) is 29.2 Å². The van der Waals surface area contributed by atoms with Crippen LogP contribution in [-0.4, -0.2) is 75.4 Å². The normalized spacial score (nSPS) is 18.7. The van der Waals surface area contributed by atoms with Gasteiger partial charge < -0.3 is 25.0 Å². The quantitative estimate of drug-likeness (QED) is 0.0925. The van der Waals surface area contributed by atoms with Crippen molar-refractivity contribution in [3.8, 4) is 11.5 Å². The number of para-hydroxylation sites is 2. The molecule has 0 spiro atoms. The number of anilines is 1. The van der Waals surface area contributed by atoms with Crippen LogP contribution < -0.4 is 15.0 Å². The van der Waals surface area contributed by atoms with Crippen LogP contribution in [-0.2, 0) is 13.0 Å². The number of hydrogen-bond donors (Lipinski definition) is 2. The van der Waals surface area contributed by atoms with E-state index >= 15 is 0 Å². The third-order valence-electron chi connectivity index (χ3n) is 13.8. The molecular formula is C53H53F3N6O3S. The molecule has 3 aliphatic rings. The smallest absolute Gasteiger partial charge is 0.508 e. The average Bonchev–Trinajstić information content (AvgIpc) is 3.78. The number of ether oxygens (including phenoxy) is 1. The van der Waals surface area contributed by atoms with Crippen molar-refractivity contribution < 1.29 is 27.8 Å². The predicted octanol–water partition coefficient (Wildman–Crippen LogP) is 11.0. The lowest BCUT2D eigenvalue weighted by atomic mass is 9.69. The van der Waals surface area contributed by atoms with Gasteiger partial charge in [-0.1, -0.05) is 90.6 Å². The van der Waals surface area contributed by atoms with E-state index in [1.165, 1.54) is 59.0 Å². The van der Waals surface area contributed by atoms with Gasteiger partial charge in [-0.15, -0.1) is 13.2 Å². The zero-order valence-electron chi connectivity index (χ0n) is 36.7. The average molecular weight is 911 g/mol. The number of nitrogens with one attached hydrogen (secondary N) is 1. The molecule has 2 aliphatic heterocycles. The molecule has 0 unspecified atom stereocenters. The number of alkyl halides is 3. The molecule has 10 rings (SSSR count). The van der Waals surface area contributed by atoms with Crippen LogP contribution in [0.25, 0.3) is 16.4 Å². The molecule has 1 aliphatic carbocycles. The summed E-state index contributed by atoms with van der Waals surface area (Å²) >= 11 is 1.70. The number of halogens is 3. The minimum atomic E-state index is -4.92. The molecule has 340 valence electrons. The van der Waals surface area contributed by atoms with Crippen LogP contribution in [0.3, 0.4) is 0 Å². The number of rotatable bonds is 12. The highest BCUT2D eigenvalue weighted by atomic mass is 32.2. The first-order valence-electron chi connectivity index (χ1n) is 23.1. The van der Waals surface area contributed by atoms with Crippen LogP contribution in [0.4, 0.5) is 18.9 Å². The third kappa shape index (κ3) is 9.73. The highest BCUT2D eigenvalue weighted by Crippen LogP contribution is 2.47. The fraction of sp³-hybridized carbons (Fsp3) is 0.340. The summed E-state index contributed by atoms with van der Waals surface area (Å²) in [4.78, 5) is 23.2. The van der Waals surface area contributed by atoms with Gasteiger partial charge in [-0.25, -0.2) is 9.50 Å². The van der Waals surface area contributed by atoms with Gasteiger partial charge in [0, 0.05) is 42.4 Å². The second kappa shape index (κ2) is 19.0. The topological polar surface area (TPSA) is 95.2 Å². The largest absolute Gasteiger partial charge is 0.573 e. The van der Waals surface area contributed by atoms with Gasteiger partial charge in [0.25, 0.3) is 5.91 Å². The Balaban J connectivity index is 0.720. The molecule has 1 amide bonds. The highest BCUT2D eigenvalue weighted by molar-refractivity contribution is 7.99. The molecule has 5 aromatic carbocycles. The van der Waals surface area contributed by atoms with E-state index < -0.39 is 18.0 Å². The number of carbonyl (C=O) groups excluding carboxylic acids is 1. The standard InChI is InChI=1S/C53H53F3N6O3S/c54-53(55,56)65-49-13-7-5-11-46(49)51(64)57-32-40-31-48-45-10-4-6-12-47(45)58-52(62(48)59-40)66-34-36-22-26-60(27-23-36)33-35-24-28-61(29-25-35)41-17-14-38(15-18-41)50-43(37-8-2-1-3-9-37)20-16-39-30-42(63)19-21-44(39)50/h1-15,17-19,21,30-31,35-36,43,50,63H,16,20,22-29,32-34H2,(H,57,64)/t43-,50+/m1/s1. The van der Waals surface area contributed by atoms with E-state index in [2.05, 4.69) is 80.5 Å². The van der Waals surface area contributed by atoms with E-state index in [-0.39, 0.29) is 18.0 Å². The third-order valence-corrected chi connectivity index (χ3v) is 15.0. The Morgan fingerprint density at radius 3 is 2.30 bits per heavy atom. The molecule has 0 saturated carbocycles. The van der Waals surface area contributed by atoms with E-state index in [9.17, 15) is 23.1 Å². The fourth-order valence-electron chi connectivity index (χ4n) is 10.5. The van der Waals surface area contributed by atoms with Crippen LogP contribution in [0, 0.1) is 11.8 Å². The van der Waals surface area contributed by atoms with Gasteiger partial charge in [0.15, 0.2) is 5.16 Å². The first-order valence-corrected chi connectivity index (χ1v) is 24.1. The number of fused-ring (bicyclic) bond motifs is 4. The lowest BCUT2D eigenvalue weighted by molar-refractivity contribution is -0.274. The van der Waals surface area contributed by atoms with Crippen molar-refractivity contribution in [1.29, 1.82) is 0 Å². The van der Waals surface area contributed by atoms with Crippen molar-refractivity contribution >= 4 is 39.8 Å². The number of likely N-dealkylation sites (tertiary alicyclic amines) is 1. The minimum absolute atomic E-state index is 0.0177. The number of phenols is 1. The minimum Gasteiger partial charge on any atom is -0.508 e. The Labute approximate surface area is 387 Å². The van der Waals surface area contributed by atoms with E-state index in [0.717, 1.165) is 91.8 Å². The number of amides is 1. The van der Waals surface area contributed by atoms with Gasteiger partial charge >= 0.3 is 6.36 Å². The first-order chi connectivity index (χ1) is 32.1. The van der Waals surface area contributed by atoms with Gasteiger partial charge in [0.05, 0.1) is 28.8 Å². The molecule has 7 aromatic rings. The lowest BCUT2D eigenvalue weighted by Crippen LogP contribution is -2.41. The highest BCUT2D eigenvalue weighted by Gasteiger charge is 2.34. The zero-order chi connectivity index (χ0) is 45.2. The number of piperidine rings is 2. The Morgan fingerprint density at radius 1 is 0.788 bits per heavy atom. The van der Waals surface area contributed by atoms with Gasteiger partial charge in [-0.2, -0.15) is 5.10 Å². The molecule has 13 heteroatoms. The number of benzene rings is 5. The van der Waals surface area contributed by atoms with Gasteiger partial charge in [-0.3, -0.25) is 4.79 Å². The molecule has 4 heterocycles. The number of nitrogens with zero attached hydrogens (tertiary/aromatic N) is 5. The molecule has 2 aromatic heterocycles. The summed E-state index contributed by atoms with van der Waals surface area (Å²) < 4.78 is 44.9. The zero-order valence-corrected chi connectivity index (χ0v) is 37.5. The fourth-order valence-corrected chi connectivity index (χ4v) is 11.6. The van der Waals surface area contributed by atoms with Crippen LogP contribution in [0.1, 0.15) is 82.2 Å². The molecule has 2 N–H and O–H groups in total. The molecule has 66 heavy (non-hydrogen) atoms. The number of phenolic OH excluding ortho intramolecular Hbond substituents is 1. The number of aromatic hydroxyl groups is 1. The van der Waals surface area contributed by atoms with Gasteiger partial charge in [0.2, 0.25) is 0 Å². The summed E-state index contributed by atoms with van der Waals surface area (Å²) in [5, 5.41) is 19.5. The summed E-state index contributed by atoms with van der Waals surface area (Å²) in [6.07, 6.45) is 1.74. The summed E-state index contributed by atoms with van der Waals surface area (Å²) in [6.45, 7) is 5.46. The van der Waals surface area contributed by atoms with Gasteiger partial charge in [0.1, 0.15) is 11.5 Å². The van der Waals surface area contributed by atoms with E-state index in [1.807, 2.05) is 47.0 Å². The maximum absolute atomic E-state index is 13.0. The summed E-state index contributed by atoms with van der Waals surface area (Å²) in [7, 11) is 0. The molecule has 2 fully saturated rings. The molecular weight excluding hydrogens is 858 g/mol. The van der Waals surface area contributed by atoms with Crippen molar-refractivity contribution in [2.75, 3.05) is 43.4 Å². The van der Waals surface area contributed by atoms with Crippen molar-refractivity contribution in [3.05, 3.63) is 161 Å². The Hall–Kier alpha value is -6.05. The predicted molar refractivity (Wildman–Crippen MR) is 254 cm³/mol. The second-order valence-corrected chi connectivity index (χ2v) is 19.1. The van der Waals surface area contributed by atoms with Crippen molar-refractivity contribution in [2.45, 2.75) is 68.4 Å². The van der Waals surface area contributed by atoms with E-state index in [4.69, 9.17) is 10.1 Å². The number of aromatic nitrogens is 3. The van der Waals surface area contributed by atoms with Crippen molar-refractivity contribution in [3.63, 3.8) is 0 Å². The number of aryl methyl sites for hydroxylation is 1. The van der Waals surface area contributed by atoms with Crippen LogP contribution in [0.15, 0.2) is 133 Å². The summed E-state index contributed by atoms with van der Waals surface area (Å²) in [6, 6.07) is 41.2. The van der Waals surface area contributed by atoms with Crippen LogP contribution in [0.2, 0.25) is 0 Å². The van der Waals surface area contributed by atoms with Gasteiger partial charge in [-0.05, 0) is 140 Å². The Bertz CT molecular complexity index is 2800. The van der Waals surface area contributed by atoms with Crippen molar-refractivity contribution in [1.82, 2.24) is 24.8 Å². The molecule has 0 radical (unpaired) electrons. The van der Waals surface area contributed by atoms with Crippen molar-refractivity contribution in [2.24, 2.45) is 11.8 Å². The second-order valence-electron chi connectivity index (χ2n) is 18.1. The van der Waals surface area contributed by atoms with Crippen LogP contribution in [0.5, 0.6) is 11.5 Å². The maximum atomic E-state index is 13.0.